The fourth-order valence-electron chi connectivity index (χ4n) is 1.76. The molecule has 0 aliphatic heterocycles. The SMILES string of the molecule is O=C(CCC(=O)Nc1ccc(Br)cc1)NN=Cc1ccccc1. The van der Waals surface area contributed by atoms with Crippen molar-refractivity contribution in [3.63, 3.8) is 0 Å². The molecule has 0 aromatic heterocycles. The maximum absolute atomic E-state index is 11.8. The van der Waals surface area contributed by atoms with Gasteiger partial charge in [-0.15, -0.1) is 0 Å². The lowest BCUT2D eigenvalue weighted by atomic mass is 10.2. The Bertz CT molecular complexity index is 685. The van der Waals surface area contributed by atoms with E-state index < -0.39 is 0 Å². The number of nitrogens with one attached hydrogen (secondary N) is 2. The molecule has 2 rings (SSSR count). The van der Waals surface area contributed by atoms with Gasteiger partial charge in [0.05, 0.1) is 6.21 Å². The molecule has 0 aliphatic rings. The molecular weight excluding hydrogens is 358 g/mol. The Kier molecular flexibility index (Phi) is 6.50. The van der Waals surface area contributed by atoms with Crippen LogP contribution in [0.4, 0.5) is 5.69 Å². The summed E-state index contributed by atoms with van der Waals surface area (Å²) in [5, 5.41) is 6.58. The lowest BCUT2D eigenvalue weighted by Gasteiger charge is -2.04. The molecule has 2 N–H and O–H groups in total. The second-order valence-electron chi connectivity index (χ2n) is 4.76. The largest absolute Gasteiger partial charge is 0.326 e. The van der Waals surface area contributed by atoms with E-state index in [-0.39, 0.29) is 24.7 Å². The predicted octanol–water partition coefficient (Wildman–Crippen LogP) is 3.32. The predicted molar refractivity (Wildman–Crippen MR) is 94.2 cm³/mol. The quantitative estimate of drug-likeness (QED) is 0.602. The number of anilines is 1. The van der Waals surface area contributed by atoms with E-state index in [0.717, 1.165) is 10.0 Å². The number of amides is 2. The van der Waals surface area contributed by atoms with Gasteiger partial charge < -0.3 is 5.32 Å². The molecule has 0 atom stereocenters. The first-order valence-electron chi connectivity index (χ1n) is 7.06. The van der Waals surface area contributed by atoms with Gasteiger partial charge in [-0.2, -0.15) is 5.10 Å². The van der Waals surface area contributed by atoms with Crippen molar-refractivity contribution in [2.24, 2.45) is 5.10 Å². The maximum atomic E-state index is 11.8. The number of halogens is 1. The van der Waals surface area contributed by atoms with E-state index >= 15 is 0 Å². The summed E-state index contributed by atoms with van der Waals surface area (Å²) in [7, 11) is 0. The van der Waals surface area contributed by atoms with Gasteiger partial charge in [0.15, 0.2) is 0 Å². The number of rotatable bonds is 6. The van der Waals surface area contributed by atoms with Crippen molar-refractivity contribution in [3.8, 4) is 0 Å². The highest BCUT2D eigenvalue weighted by atomic mass is 79.9. The molecule has 0 radical (unpaired) electrons. The van der Waals surface area contributed by atoms with Gasteiger partial charge in [-0.25, -0.2) is 5.43 Å². The summed E-state index contributed by atoms with van der Waals surface area (Å²) >= 11 is 3.32. The van der Waals surface area contributed by atoms with Gasteiger partial charge >= 0.3 is 0 Å². The van der Waals surface area contributed by atoms with Crippen molar-refractivity contribution in [3.05, 3.63) is 64.6 Å². The minimum Gasteiger partial charge on any atom is -0.326 e. The Morgan fingerprint density at radius 2 is 1.61 bits per heavy atom. The number of carbonyl (C=O) groups is 2. The third-order valence-corrected chi connectivity index (χ3v) is 3.44. The zero-order valence-corrected chi connectivity index (χ0v) is 13.9. The van der Waals surface area contributed by atoms with Crippen LogP contribution < -0.4 is 10.7 Å². The molecule has 0 bridgehead atoms. The smallest absolute Gasteiger partial charge is 0.240 e. The Balaban J connectivity index is 1.70. The van der Waals surface area contributed by atoms with Crippen LogP contribution in [-0.4, -0.2) is 18.0 Å². The molecule has 0 spiro atoms. The summed E-state index contributed by atoms with van der Waals surface area (Å²) in [5.41, 5.74) is 3.99. The Labute approximate surface area is 142 Å². The summed E-state index contributed by atoms with van der Waals surface area (Å²) in [6.07, 6.45) is 1.73. The molecule has 0 saturated carbocycles. The summed E-state index contributed by atoms with van der Waals surface area (Å²) in [4.78, 5) is 23.4. The average Bonchev–Trinajstić information content (AvgIpc) is 2.56. The summed E-state index contributed by atoms with van der Waals surface area (Å²) in [5.74, 6) is -0.516. The van der Waals surface area contributed by atoms with Gasteiger partial charge in [0.25, 0.3) is 0 Å². The number of benzene rings is 2. The molecule has 0 unspecified atom stereocenters. The van der Waals surface area contributed by atoms with Gasteiger partial charge in [0.1, 0.15) is 0 Å². The van der Waals surface area contributed by atoms with Gasteiger partial charge in [0.2, 0.25) is 11.8 Å². The fourth-order valence-corrected chi connectivity index (χ4v) is 2.02. The molecule has 2 aromatic carbocycles. The molecule has 118 valence electrons. The first-order chi connectivity index (χ1) is 11.1. The van der Waals surface area contributed by atoms with Crippen LogP contribution in [0.3, 0.4) is 0 Å². The van der Waals surface area contributed by atoms with Crippen LogP contribution in [-0.2, 0) is 9.59 Å². The van der Waals surface area contributed by atoms with Crippen molar-refractivity contribution >= 4 is 39.6 Å². The molecule has 0 saturated heterocycles. The topological polar surface area (TPSA) is 70.6 Å². The van der Waals surface area contributed by atoms with Gasteiger partial charge in [-0.3, -0.25) is 9.59 Å². The molecule has 0 fully saturated rings. The lowest BCUT2D eigenvalue weighted by Crippen LogP contribution is -2.20. The summed E-state index contributed by atoms with van der Waals surface area (Å²) < 4.78 is 0.936. The lowest BCUT2D eigenvalue weighted by molar-refractivity contribution is -0.124. The van der Waals surface area contributed by atoms with Crippen LogP contribution in [0.2, 0.25) is 0 Å². The highest BCUT2D eigenvalue weighted by Gasteiger charge is 2.06. The van der Waals surface area contributed by atoms with Crippen LogP contribution >= 0.6 is 15.9 Å². The average molecular weight is 374 g/mol. The van der Waals surface area contributed by atoms with Crippen LogP contribution in [0, 0.1) is 0 Å². The molecule has 0 heterocycles. The Morgan fingerprint density at radius 1 is 0.957 bits per heavy atom. The minimum absolute atomic E-state index is 0.0779. The van der Waals surface area contributed by atoms with Gasteiger partial charge in [-0.1, -0.05) is 46.3 Å². The van der Waals surface area contributed by atoms with E-state index in [0.29, 0.717) is 5.69 Å². The number of hydrazone groups is 1. The van der Waals surface area contributed by atoms with Crippen molar-refractivity contribution < 1.29 is 9.59 Å². The molecular formula is C17H16BrN3O2. The number of carbonyl (C=O) groups excluding carboxylic acids is 2. The van der Waals surface area contributed by atoms with E-state index in [2.05, 4.69) is 31.8 Å². The van der Waals surface area contributed by atoms with E-state index in [1.165, 1.54) is 0 Å². The number of nitrogens with zero attached hydrogens (tertiary/aromatic N) is 1. The number of hydrogen-bond donors (Lipinski definition) is 2. The summed E-state index contributed by atoms with van der Waals surface area (Å²) in [6.45, 7) is 0. The van der Waals surface area contributed by atoms with E-state index in [1.54, 1.807) is 18.3 Å². The fraction of sp³-hybridized carbons (Fsp3) is 0.118. The third kappa shape index (κ3) is 6.44. The first kappa shape index (κ1) is 16.9. The Hall–Kier alpha value is -2.47. The standard InChI is InChI=1S/C17H16BrN3O2/c18-14-6-8-15(9-7-14)20-16(22)10-11-17(23)21-19-12-13-4-2-1-3-5-13/h1-9,12H,10-11H2,(H,20,22)(H,21,23). The van der Waals surface area contributed by atoms with Crippen molar-refractivity contribution in [2.45, 2.75) is 12.8 Å². The van der Waals surface area contributed by atoms with Gasteiger partial charge in [0, 0.05) is 23.0 Å². The zero-order chi connectivity index (χ0) is 16.5. The summed E-state index contributed by atoms with van der Waals surface area (Å²) in [6, 6.07) is 16.7. The monoisotopic (exact) mass is 373 g/mol. The van der Waals surface area contributed by atoms with Crippen LogP contribution in [0.15, 0.2) is 64.2 Å². The second-order valence-corrected chi connectivity index (χ2v) is 5.67. The normalized spacial score (nSPS) is 10.5. The molecule has 6 heteroatoms. The van der Waals surface area contributed by atoms with Crippen LogP contribution in [0.1, 0.15) is 18.4 Å². The van der Waals surface area contributed by atoms with Crippen LogP contribution in [0.25, 0.3) is 0 Å². The molecule has 23 heavy (non-hydrogen) atoms. The minimum atomic E-state index is -0.303. The maximum Gasteiger partial charge on any atom is 0.240 e. The molecule has 5 nitrogen and oxygen atoms in total. The second kappa shape index (κ2) is 8.85. The Morgan fingerprint density at radius 3 is 2.30 bits per heavy atom. The third-order valence-electron chi connectivity index (χ3n) is 2.91. The van der Waals surface area contributed by atoms with Crippen molar-refractivity contribution in [1.29, 1.82) is 0 Å². The highest BCUT2D eigenvalue weighted by molar-refractivity contribution is 9.10. The zero-order valence-electron chi connectivity index (χ0n) is 12.3. The number of hydrogen-bond acceptors (Lipinski definition) is 3. The molecule has 2 aromatic rings. The highest BCUT2D eigenvalue weighted by Crippen LogP contribution is 2.14. The van der Waals surface area contributed by atoms with E-state index in [1.807, 2.05) is 42.5 Å². The molecule has 0 aliphatic carbocycles. The van der Waals surface area contributed by atoms with E-state index in [9.17, 15) is 9.59 Å². The van der Waals surface area contributed by atoms with Crippen molar-refractivity contribution in [1.82, 2.24) is 5.43 Å². The van der Waals surface area contributed by atoms with Crippen LogP contribution in [0.5, 0.6) is 0 Å². The van der Waals surface area contributed by atoms with Gasteiger partial charge in [-0.05, 0) is 29.8 Å². The molecule has 2 amide bonds. The van der Waals surface area contributed by atoms with E-state index in [4.69, 9.17) is 0 Å². The van der Waals surface area contributed by atoms with Crippen molar-refractivity contribution in [2.75, 3.05) is 5.32 Å². The first-order valence-corrected chi connectivity index (χ1v) is 7.85.